The molecule has 0 N–H and O–H groups in total. The second-order valence-corrected chi connectivity index (χ2v) is 6.94. The van der Waals surface area contributed by atoms with Crippen LogP contribution in [0.15, 0.2) is 0 Å². The molecule has 0 radical (unpaired) electrons. The summed E-state index contributed by atoms with van der Waals surface area (Å²) >= 11 is 0. The van der Waals surface area contributed by atoms with Crippen LogP contribution in [0.25, 0.3) is 0 Å². The van der Waals surface area contributed by atoms with Crippen molar-refractivity contribution < 1.29 is 249 Å². The van der Waals surface area contributed by atoms with Crippen molar-refractivity contribution in [3.63, 3.8) is 0 Å². The van der Waals surface area contributed by atoms with Gasteiger partial charge in [0.2, 0.25) is 20.8 Å². The van der Waals surface area contributed by atoms with Gasteiger partial charge in [-0.3, -0.25) is 16.8 Å². The summed E-state index contributed by atoms with van der Waals surface area (Å²) in [6, 6.07) is 0. The monoisotopic (exact) mass is 596 g/mol. The summed E-state index contributed by atoms with van der Waals surface area (Å²) in [5.41, 5.74) is 0. The largest absolute Gasteiger partial charge is 2.00 e. The van der Waals surface area contributed by atoms with E-state index in [4.69, 9.17) is 35.0 Å². The maximum atomic E-state index is 9.37. The summed E-state index contributed by atoms with van der Waals surface area (Å²) < 4.78 is 132. The molecule has 0 amide bonds. The van der Waals surface area contributed by atoms with Crippen molar-refractivity contribution in [3.8, 4) is 0 Å². The van der Waals surface area contributed by atoms with Crippen molar-refractivity contribution in [2.75, 3.05) is 0 Å². The molecule has 0 aromatic rings. The molecule has 0 aromatic heterocycles. The van der Waals surface area contributed by atoms with E-state index in [-0.39, 0.29) is 179 Å². The van der Waals surface area contributed by atoms with Crippen LogP contribution in [0.2, 0.25) is 0 Å². The maximum absolute atomic E-state index is 9.37. The van der Waals surface area contributed by atoms with Gasteiger partial charge in [0.1, 0.15) is 0 Å². The molecule has 26 heteroatoms. The normalized spacial score (nSPS) is 11.9. The first kappa shape index (κ1) is 53.1. The Labute approximate surface area is 292 Å². The second kappa shape index (κ2) is 26.9. The summed E-state index contributed by atoms with van der Waals surface area (Å²) in [4.78, 5) is 0. The molecule has 2 unspecified atom stereocenters. The van der Waals surface area contributed by atoms with Gasteiger partial charge in [0.25, 0.3) is 0 Å². The smallest absolute Gasteiger partial charge is 0.763 e. The average Bonchev–Trinajstić information content (AvgIpc) is 2.10. The second-order valence-electron chi connectivity index (χ2n) is 1.77. The van der Waals surface area contributed by atoms with Crippen molar-refractivity contribution >= 4 is 51.4 Å². The van der Waals surface area contributed by atoms with Crippen molar-refractivity contribution in [3.05, 3.63) is 0 Å². The van der Waals surface area contributed by atoms with E-state index < -0.39 is 51.4 Å². The van der Waals surface area contributed by atoms with Gasteiger partial charge < -0.3 is 27.3 Å². The summed E-state index contributed by atoms with van der Waals surface area (Å²) in [6.07, 6.45) is 0. The predicted octanol–water partition coefficient (Wildman–Crippen LogP) is -16.8. The Balaban J connectivity index is -0.0000000301. The molecule has 26 heavy (non-hydrogen) atoms. The molecule has 138 valence electrons. The first-order valence-electron chi connectivity index (χ1n) is 3.00. The van der Waals surface area contributed by atoms with Crippen LogP contribution in [0.4, 0.5) is 0 Å². The van der Waals surface area contributed by atoms with E-state index in [1.54, 1.807) is 0 Å². The minimum absolute atomic E-state index is 0. The minimum Gasteiger partial charge on any atom is -0.763 e. The standard InChI is InChI=1S/Fe.2K.2Na.H2O8S2.H2O4S2.H2O4S/c;;;;;1-9(2,3)7-8-10(4,5)6;1-5(2)6(3)4;1-5(2,3)4/h;;;;;(H,1,2,3)(H,4,5,6);(H,1,2)(H,3,4);(H2,1,2,3,4)/q+2;4*+1;;;/p-6. The molecule has 0 bridgehead atoms. The molecule has 0 heterocycles. The van der Waals surface area contributed by atoms with Crippen LogP contribution in [-0.4, -0.2) is 61.0 Å². The van der Waals surface area contributed by atoms with E-state index in [0.717, 1.165) is 0 Å². The van der Waals surface area contributed by atoms with Crippen LogP contribution in [0, 0.1) is 0 Å². The molecule has 0 aliphatic heterocycles. The van der Waals surface area contributed by atoms with Gasteiger partial charge >= 0.3 is 179 Å². The van der Waals surface area contributed by atoms with Crippen molar-refractivity contribution in [1.29, 1.82) is 0 Å². The Hall–Kier alpha value is 5.62. The van der Waals surface area contributed by atoms with Crippen LogP contribution in [0.3, 0.4) is 0 Å². The van der Waals surface area contributed by atoms with E-state index in [2.05, 4.69) is 8.67 Å². The molecule has 0 aliphatic carbocycles. The first-order valence-corrected chi connectivity index (χ1v) is 9.67. The molecular formula is FeK2Na2O16S5. The van der Waals surface area contributed by atoms with E-state index in [9.17, 15) is 25.9 Å². The van der Waals surface area contributed by atoms with Crippen LogP contribution in [-0.2, 0) is 77.2 Å². The minimum atomic E-state index is -5.31. The Morgan fingerprint density at radius 1 is 0.615 bits per heavy atom. The van der Waals surface area contributed by atoms with Crippen LogP contribution in [0.5, 0.6) is 0 Å². The van der Waals surface area contributed by atoms with Crippen molar-refractivity contribution in [2.24, 2.45) is 0 Å². The van der Waals surface area contributed by atoms with E-state index in [0.29, 0.717) is 0 Å². The fourth-order valence-electron chi connectivity index (χ4n) is 0.0680. The fourth-order valence-corrected chi connectivity index (χ4v) is 0.612. The molecule has 16 nitrogen and oxygen atoms in total. The number of hydrogen-bond acceptors (Lipinski definition) is 16. The molecule has 0 aromatic carbocycles. The van der Waals surface area contributed by atoms with Crippen LogP contribution >= 0.6 is 0 Å². The molecule has 0 saturated heterocycles. The molecule has 0 fully saturated rings. The Kier molecular flexibility index (Phi) is 54.9. The summed E-state index contributed by atoms with van der Waals surface area (Å²) in [6.45, 7) is 0. The number of hydrogen-bond donors (Lipinski definition) is 0. The summed E-state index contributed by atoms with van der Waals surface area (Å²) in [5, 5.41) is 0. The van der Waals surface area contributed by atoms with Crippen molar-refractivity contribution in [2.45, 2.75) is 0 Å². The van der Waals surface area contributed by atoms with Gasteiger partial charge in [-0.25, -0.2) is 16.8 Å². The molecule has 0 saturated carbocycles. The SMILES string of the molecule is O=S(=O)([O-])OOS(=O)(=O)[O-].O=S(=O)([O-])[O-].O=S([O-])S(=O)[O-].[Fe+2].[K+].[K+].[Na+].[Na+]. The Bertz CT molecular complexity index is 599. The number of rotatable bonds is 4. The van der Waals surface area contributed by atoms with Crippen molar-refractivity contribution in [1.82, 2.24) is 0 Å². The van der Waals surface area contributed by atoms with E-state index >= 15 is 0 Å². The Morgan fingerprint density at radius 3 is 0.769 bits per heavy atom. The first-order chi connectivity index (χ1) is 8.85. The zero-order chi connectivity index (χ0) is 18.1. The molecule has 0 spiro atoms. The predicted molar refractivity (Wildman–Crippen MR) is 49.9 cm³/mol. The third-order valence-electron chi connectivity index (χ3n) is 0.306. The van der Waals surface area contributed by atoms with E-state index in [1.807, 2.05) is 0 Å². The Morgan fingerprint density at radius 2 is 0.731 bits per heavy atom. The van der Waals surface area contributed by atoms with Gasteiger partial charge in [0.15, 0.2) is 0 Å². The molecule has 2 atom stereocenters. The topological polar surface area (TPSA) is 293 Å². The van der Waals surface area contributed by atoms with Gasteiger partial charge in [0, 0.05) is 30.6 Å². The third kappa shape index (κ3) is 87.8. The average molecular weight is 596 g/mol. The van der Waals surface area contributed by atoms with Crippen LogP contribution in [0.1, 0.15) is 0 Å². The summed E-state index contributed by atoms with van der Waals surface area (Å²) in [5.74, 6) is 0. The summed E-state index contributed by atoms with van der Waals surface area (Å²) in [7, 11) is -21.7. The van der Waals surface area contributed by atoms with Crippen LogP contribution < -0.4 is 162 Å². The van der Waals surface area contributed by atoms with Gasteiger partial charge in [-0.1, -0.05) is 0 Å². The van der Waals surface area contributed by atoms with Gasteiger partial charge in [0.05, 0.1) is 0 Å². The molecule has 0 rings (SSSR count). The van der Waals surface area contributed by atoms with Gasteiger partial charge in [-0.05, 0) is 0 Å². The fraction of sp³-hybridized carbons (Fsp3) is 0. The maximum Gasteiger partial charge on any atom is 2.00 e. The zero-order valence-corrected chi connectivity index (χ0v) is 28.4. The molecular weight excluding hydrogens is 596 g/mol. The van der Waals surface area contributed by atoms with E-state index in [1.165, 1.54) is 0 Å². The van der Waals surface area contributed by atoms with Gasteiger partial charge in [-0.15, -0.1) is 8.67 Å². The zero-order valence-electron chi connectivity index (χ0n) is 12.9. The third-order valence-corrected chi connectivity index (χ3v) is 1.75. The quantitative estimate of drug-likeness (QED) is 0.0553. The molecule has 0 aliphatic rings. The van der Waals surface area contributed by atoms with Gasteiger partial charge in [-0.2, -0.15) is 0 Å².